The molecule has 1 aromatic carbocycles. The molecule has 1 aliphatic rings. The van der Waals surface area contributed by atoms with E-state index in [2.05, 4.69) is 18.7 Å². The van der Waals surface area contributed by atoms with Crippen molar-refractivity contribution in [2.75, 3.05) is 18.0 Å². The van der Waals surface area contributed by atoms with Gasteiger partial charge < -0.3 is 4.90 Å². The van der Waals surface area contributed by atoms with Crippen LogP contribution >= 0.6 is 0 Å². The van der Waals surface area contributed by atoms with E-state index in [1.807, 2.05) is 12.1 Å². The van der Waals surface area contributed by atoms with E-state index in [-0.39, 0.29) is 10.6 Å². The standard InChI is InChI=1S/C13H18N2O2/c1-10-7-11(2)9-14(8-10)12-3-5-13(6-4-12)15(16)17/h3-6,10-11H,7-9H2,1-2H3/t10-,11-/m0/s1. The Morgan fingerprint density at radius 3 is 2.18 bits per heavy atom. The van der Waals surface area contributed by atoms with Gasteiger partial charge >= 0.3 is 0 Å². The second-order valence-electron chi connectivity index (χ2n) is 5.12. The Bertz CT molecular complexity index is 392. The summed E-state index contributed by atoms with van der Waals surface area (Å²) >= 11 is 0. The smallest absolute Gasteiger partial charge is 0.269 e. The molecule has 0 aromatic heterocycles. The minimum absolute atomic E-state index is 0.159. The van der Waals surface area contributed by atoms with Crippen molar-refractivity contribution in [1.82, 2.24) is 0 Å². The molecule has 92 valence electrons. The molecule has 4 nitrogen and oxygen atoms in total. The number of hydrogen-bond donors (Lipinski definition) is 0. The maximum atomic E-state index is 10.6. The summed E-state index contributed by atoms with van der Waals surface area (Å²) in [6, 6.07) is 6.87. The van der Waals surface area contributed by atoms with E-state index in [9.17, 15) is 10.1 Å². The number of nitro benzene ring substituents is 1. The van der Waals surface area contributed by atoms with Crippen LogP contribution in [0.4, 0.5) is 11.4 Å². The number of benzene rings is 1. The molecule has 4 heteroatoms. The molecule has 1 aromatic rings. The Kier molecular flexibility index (Phi) is 3.31. The van der Waals surface area contributed by atoms with Gasteiger partial charge in [0.2, 0.25) is 0 Å². The average molecular weight is 234 g/mol. The lowest BCUT2D eigenvalue weighted by Gasteiger charge is -2.36. The molecule has 1 heterocycles. The Morgan fingerprint density at radius 1 is 1.18 bits per heavy atom. The second-order valence-corrected chi connectivity index (χ2v) is 5.12. The number of nitrogens with zero attached hydrogens (tertiary/aromatic N) is 2. The number of anilines is 1. The summed E-state index contributed by atoms with van der Waals surface area (Å²) < 4.78 is 0. The first-order chi connectivity index (χ1) is 8.06. The maximum Gasteiger partial charge on any atom is 0.269 e. The summed E-state index contributed by atoms with van der Waals surface area (Å²) in [5.74, 6) is 1.38. The van der Waals surface area contributed by atoms with E-state index in [1.54, 1.807) is 12.1 Å². The number of piperidine rings is 1. The number of hydrogen-bond acceptors (Lipinski definition) is 3. The highest BCUT2D eigenvalue weighted by atomic mass is 16.6. The van der Waals surface area contributed by atoms with Crippen molar-refractivity contribution in [3.63, 3.8) is 0 Å². The molecule has 0 aliphatic carbocycles. The number of non-ortho nitro benzene ring substituents is 1. The van der Waals surface area contributed by atoms with Gasteiger partial charge in [-0.25, -0.2) is 0 Å². The van der Waals surface area contributed by atoms with Crippen molar-refractivity contribution in [2.24, 2.45) is 11.8 Å². The zero-order chi connectivity index (χ0) is 12.4. The molecule has 0 radical (unpaired) electrons. The van der Waals surface area contributed by atoms with Crippen molar-refractivity contribution < 1.29 is 4.92 Å². The Morgan fingerprint density at radius 2 is 1.71 bits per heavy atom. The summed E-state index contributed by atoms with van der Waals surface area (Å²) in [6.45, 7) is 6.60. The molecule has 0 saturated carbocycles. The quantitative estimate of drug-likeness (QED) is 0.583. The Balaban J connectivity index is 2.14. The summed E-state index contributed by atoms with van der Waals surface area (Å²) in [5.41, 5.74) is 1.25. The van der Waals surface area contributed by atoms with E-state index in [0.29, 0.717) is 11.8 Å². The van der Waals surface area contributed by atoms with Crippen LogP contribution < -0.4 is 4.90 Å². The molecule has 1 aliphatic heterocycles. The molecule has 0 amide bonds. The van der Waals surface area contributed by atoms with Gasteiger partial charge in [0, 0.05) is 30.9 Å². The first-order valence-electron chi connectivity index (χ1n) is 6.05. The van der Waals surface area contributed by atoms with Crippen molar-refractivity contribution in [3.8, 4) is 0 Å². The molecule has 1 fully saturated rings. The minimum Gasteiger partial charge on any atom is -0.371 e. The van der Waals surface area contributed by atoms with Crippen LogP contribution in [0.25, 0.3) is 0 Å². The highest BCUT2D eigenvalue weighted by molar-refractivity contribution is 5.51. The first kappa shape index (κ1) is 11.9. The summed E-state index contributed by atoms with van der Waals surface area (Å²) in [5, 5.41) is 10.6. The zero-order valence-corrected chi connectivity index (χ0v) is 10.3. The van der Waals surface area contributed by atoms with Gasteiger partial charge in [-0.15, -0.1) is 0 Å². The zero-order valence-electron chi connectivity index (χ0n) is 10.3. The third-order valence-corrected chi connectivity index (χ3v) is 3.29. The summed E-state index contributed by atoms with van der Waals surface area (Å²) in [4.78, 5) is 12.6. The molecule has 0 N–H and O–H groups in total. The summed E-state index contributed by atoms with van der Waals surface area (Å²) in [6.07, 6.45) is 1.27. The lowest BCUT2D eigenvalue weighted by molar-refractivity contribution is -0.384. The van der Waals surface area contributed by atoms with Crippen LogP contribution in [0.15, 0.2) is 24.3 Å². The molecule has 0 bridgehead atoms. The normalized spacial score (nSPS) is 24.7. The van der Waals surface area contributed by atoms with Crippen LogP contribution in [0.2, 0.25) is 0 Å². The topological polar surface area (TPSA) is 46.4 Å². The van der Waals surface area contributed by atoms with Crippen LogP contribution in [0.1, 0.15) is 20.3 Å². The maximum absolute atomic E-state index is 10.6. The molecule has 2 atom stereocenters. The molecule has 0 unspecified atom stereocenters. The molecular weight excluding hydrogens is 216 g/mol. The second kappa shape index (κ2) is 4.73. The van der Waals surface area contributed by atoms with Gasteiger partial charge in [0.15, 0.2) is 0 Å². The van der Waals surface area contributed by atoms with E-state index in [0.717, 1.165) is 18.8 Å². The van der Waals surface area contributed by atoms with Gasteiger partial charge in [0.05, 0.1) is 4.92 Å². The molecule has 17 heavy (non-hydrogen) atoms. The van der Waals surface area contributed by atoms with Gasteiger partial charge in [-0.1, -0.05) is 13.8 Å². The fraction of sp³-hybridized carbons (Fsp3) is 0.538. The predicted molar refractivity (Wildman–Crippen MR) is 68.3 cm³/mol. The van der Waals surface area contributed by atoms with Crippen LogP contribution in [0, 0.1) is 22.0 Å². The van der Waals surface area contributed by atoms with Crippen LogP contribution in [0.5, 0.6) is 0 Å². The SMILES string of the molecule is C[C@H]1C[C@H](C)CN(c2ccc([N+](=O)[O-])cc2)C1. The molecule has 0 spiro atoms. The van der Waals surface area contributed by atoms with Gasteiger partial charge in [-0.2, -0.15) is 0 Å². The Labute approximate surface area is 101 Å². The lowest BCUT2D eigenvalue weighted by atomic mass is 9.91. The van der Waals surface area contributed by atoms with Crippen LogP contribution in [-0.2, 0) is 0 Å². The van der Waals surface area contributed by atoms with E-state index in [4.69, 9.17) is 0 Å². The fourth-order valence-corrected chi connectivity index (χ4v) is 2.66. The highest BCUT2D eigenvalue weighted by Gasteiger charge is 2.22. The largest absolute Gasteiger partial charge is 0.371 e. The van der Waals surface area contributed by atoms with Crippen molar-refractivity contribution >= 4 is 11.4 Å². The minimum atomic E-state index is -0.356. The molecular formula is C13H18N2O2. The van der Waals surface area contributed by atoms with E-state index >= 15 is 0 Å². The van der Waals surface area contributed by atoms with Crippen molar-refractivity contribution in [3.05, 3.63) is 34.4 Å². The van der Waals surface area contributed by atoms with Crippen LogP contribution in [0.3, 0.4) is 0 Å². The molecule has 1 saturated heterocycles. The third kappa shape index (κ3) is 2.75. The average Bonchev–Trinajstić information content (AvgIpc) is 2.28. The van der Waals surface area contributed by atoms with Crippen LogP contribution in [-0.4, -0.2) is 18.0 Å². The fourth-order valence-electron chi connectivity index (χ4n) is 2.66. The van der Waals surface area contributed by atoms with E-state index in [1.165, 1.54) is 6.42 Å². The molecule has 2 rings (SSSR count). The van der Waals surface area contributed by atoms with E-state index < -0.39 is 0 Å². The monoisotopic (exact) mass is 234 g/mol. The number of nitro groups is 1. The third-order valence-electron chi connectivity index (χ3n) is 3.29. The summed E-state index contributed by atoms with van der Waals surface area (Å²) in [7, 11) is 0. The highest BCUT2D eigenvalue weighted by Crippen LogP contribution is 2.27. The van der Waals surface area contributed by atoms with Gasteiger partial charge in [0.25, 0.3) is 5.69 Å². The van der Waals surface area contributed by atoms with Gasteiger partial charge in [0.1, 0.15) is 0 Å². The van der Waals surface area contributed by atoms with Crippen molar-refractivity contribution in [1.29, 1.82) is 0 Å². The predicted octanol–water partition coefficient (Wildman–Crippen LogP) is 3.08. The first-order valence-corrected chi connectivity index (χ1v) is 6.05. The number of rotatable bonds is 2. The van der Waals surface area contributed by atoms with Gasteiger partial charge in [-0.3, -0.25) is 10.1 Å². The lowest BCUT2D eigenvalue weighted by Crippen LogP contribution is -2.38. The van der Waals surface area contributed by atoms with Gasteiger partial charge in [-0.05, 0) is 30.4 Å². The van der Waals surface area contributed by atoms with Crippen molar-refractivity contribution in [2.45, 2.75) is 20.3 Å². The Hall–Kier alpha value is -1.58.